The van der Waals surface area contributed by atoms with Gasteiger partial charge in [-0.05, 0) is 6.92 Å². The molecule has 0 aliphatic carbocycles. The van der Waals surface area contributed by atoms with E-state index in [1.165, 1.54) is 0 Å². The van der Waals surface area contributed by atoms with Gasteiger partial charge in [-0.2, -0.15) is 0 Å². The van der Waals surface area contributed by atoms with Crippen molar-refractivity contribution in [1.29, 1.82) is 0 Å². The van der Waals surface area contributed by atoms with E-state index in [0.717, 1.165) is 6.07 Å². The van der Waals surface area contributed by atoms with E-state index in [1.807, 2.05) is 13.8 Å². The van der Waals surface area contributed by atoms with Crippen LogP contribution in [0.15, 0.2) is 6.07 Å². The van der Waals surface area contributed by atoms with Gasteiger partial charge in [-0.15, -0.1) is 0 Å². The SMILES string of the molecule is CC.Cc1nc(Cl)c(F)cc1O. The fourth-order valence-corrected chi connectivity index (χ4v) is 0.723. The molecular formula is C8H11ClFNO. The predicted molar refractivity (Wildman–Crippen MR) is 47.0 cm³/mol. The molecule has 0 saturated heterocycles. The lowest BCUT2D eigenvalue weighted by Crippen LogP contribution is -1.86. The molecule has 1 heterocycles. The van der Waals surface area contributed by atoms with Gasteiger partial charge in [-0.25, -0.2) is 9.37 Å². The van der Waals surface area contributed by atoms with E-state index in [1.54, 1.807) is 6.92 Å². The quantitative estimate of drug-likeness (QED) is 0.640. The van der Waals surface area contributed by atoms with E-state index in [0.29, 0.717) is 5.69 Å². The number of rotatable bonds is 0. The largest absolute Gasteiger partial charge is 0.506 e. The molecule has 0 aliphatic rings. The fourth-order valence-electron chi connectivity index (χ4n) is 0.542. The minimum atomic E-state index is -0.704. The lowest BCUT2D eigenvalue weighted by Gasteiger charge is -1.97. The Morgan fingerprint density at radius 3 is 2.42 bits per heavy atom. The van der Waals surface area contributed by atoms with Crippen LogP contribution in [0.4, 0.5) is 4.39 Å². The fraction of sp³-hybridized carbons (Fsp3) is 0.375. The average Bonchev–Trinajstić information content (AvgIpc) is 2.05. The van der Waals surface area contributed by atoms with Crippen molar-refractivity contribution in [3.8, 4) is 5.75 Å². The molecule has 1 N–H and O–H groups in total. The van der Waals surface area contributed by atoms with Gasteiger partial charge >= 0.3 is 0 Å². The van der Waals surface area contributed by atoms with E-state index in [9.17, 15) is 4.39 Å². The smallest absolute Gasteiger partial charge is 0.165 e. The topological polar surface area (TPSA) is 33.1 Å². The molecule has 0 unspecified atom stereocenters. The number of aromatic nitrogens is 1. The number of nitrogens with zero attached hydrogens (tertiary/aromatic N) is 1. The Balaban J connectivity index is 0.000000561. The molecule has 0 aromatic carbocycles. The van der Waals surface area contributed by atoms with Gasteiger partial charge < -0.3 is 5.11 Å². The monoisotopic (exact) mass is 191 g/mol. The second-order valence-corrected chi connectivity index (χ2v) is 2.22. The van der Waals surface area contributed by atoms with Crippen LogP contribution in [-0.4, -0.2) is 10.1 Å². The van der Waals surface area contributed by atoms with Crippen molar-refractivity contribution in [2.45, 2.75) is 20.8 Å². The molecule has 0 bridgehead atoms. The number of aromatic hydroxyl groups is 1. The number of hydrogen-bond acceptors (Lipinski definition) is 2. The maximum absolute atomic E-state index is 12.4. The zero-order valence-corrected chi connectivity index (χ0v) is 7.98. The van der Waals surface area contributed by atoms with Crippen LogP contribution in [0, 0.1) is 12.7 Å². The Morgan fingerprint density at radius 2 is 2.00 bits per heavy atom. The molecular weight excluding hydrogens is 181 g/mol. The molecule has 0 saturated carbocycles. The Morgan fingerprint density at radius 1 is 1.50 bits per heavy atom. The van der Waals surface area contributed by atoms with Crippen molar-refractivity contribution in [2.75, 3.05) is 0 Å². The third-order valence-corrected chi connectivity index (χ3v) is 1.36. The van der Waals surface area contributed by atoms with Crippen molar-refractivity contribution < 1.29 is 9.50 Å². The van der Waals surface area contributed by atoms with Gasteiger partial charge in [-0.3, -0.25) is 0 Å². The normalized spacial score (nSPS) is 8.75. The third-order valence-electron chi connectivity index (χ3n) is 1.10. The van der Waals surface area contributed by atoms with Crippen LogP contribution in [0.25, 0.3) is 0 Å². The van der Waals surface area contributed by atoms with Crippen molar-refractivity contribution >= 4 is 11.6 Å². The summed E-state index contributed by atoms with van der Waals surface area (Å²) in [4.78, 5) is 3.51. The first-order chi connectivity index (χ1) is 5.61. The van der Waals surface area contributed by atoms with Gasteiger partial charge in [0.25, 0.3) is 0 Å². The zero-order valence-electron chi connectivity index (χ0n) is 7.23. The highest BCUT2D eigenvalue weighted by Gasteiger charge is 2.04. The van der Waals surface area contributed by atoms with Crippen molar-refractivity contribution in [1.82, 2.24) is 4.98 Å². The van der Waals surface area contributed by atoms with Crippen LogP contribution in [0.5, 0.6) is 5.75 Å². The van der Waals surface area contributed by atoms with Gasteiger partial charge in [0.05, 0.1) is 5.69 Å². The Hall–Kier alpha value is -0.830. The highest BCUT2D eigenvalue weighted by molar-refractivity contribution is 6.29. The molecule has 0 amide bonds. The number of hydrogen-bond donors (Lipinski definition) is 1. The lowest BCUT2D eigenvalue weighted by atomic mass is 10.3. The molecule has 0 aliphatic heterocycles. The summed E-state index contributed by atoms with van der Waals surface area (Å²) < 4.78 is 12.4. The molecule has 0 radical (unpaired) electrons. The predicted octanol–water partition coefficient (Wildman–Crippen LogP) is 2.91. The molecule has 4 heteroatoms. The van der Waals surface area contributed by atoms with Crippen LogP contribution in [0.3, 0.4) is 0 Å². The Kier molecular flexibility index (Phi) is 4.59. The second kappa shape index (κ2) is 4.93. The minimum Gasteiger partial charge on any atom is -0.506 e. The summed E-state index contributed by atoms with van der Waals surface area (Å²) in [6.45, 7) is 5.54. The van der Waals surface area contributed by atoms with Crippen LogP contribution in [-0.2, 0) is 0 Å². The van der Waals surface area contributed by atoms with Crippen molar-refractivity contribution in [3.05, 3.63) is 22.7 Å². The van der Waals surface area contributed by atoms with Gasteiger partial charge in [0.1, 0.15) is 5.75 Å². The summed E-state index contributed by atoms with van der Waals surface area (Å²) in [5.41, 5.74) is 0.325. The summed E-state index contributed by atoms with van der Waals surface area (Å²) in [5, 5.41) is 8.65. The molecule has 0 fully saturated rings. The molecule has 0 spiro atoms. The number of pyridine rings is 1. The van der Waals surface area contributed by atoms with Gasteiger partial charge in [0, 0.05) is 6.07 Å². The van der Waals surface area contributed by atoms with Gasteiger partial charge in [0.2, 0.25) is 0 Å². The third kappa shape index (κ3) is 2.66. The van der Waals surface area contributed by atoms with E-state index in [4.69, 9.17) is 16.7 Å². The molecule has 1 aromatic heterocycles. The summed E-state index contributed by atoms with van der Waals surface area (Å²) in [6.07, 6.45) is 0. The van der Waals surface area contributed by atoms with Gasteiger partial charge in [-0.1, -0.05) is 25.4 Å². The summed E-state index contributed by atoms with van der Waals surface area (Å²) >= 11 is 5.29. The summed E-state index contributed by atoms with van der Waals surface area (Å²) in [6, 6.07) is 0.935. The van der Waals surface area contributed by atoms with E-state index in [2.05, 4.69) is 4.98 Å². The first-order valence-electron chi connectivity index (χ1n) is 3.63. The lowest BCUT2D eigenvalue weighted by molar-refractivity contribution is 0.460. The van der Waals surface area contributed by atoms with Gasteiger partial charge in [0.15, 0.2) is 11.0 Å². The summed E-state index contributed by atoms with van der Waals surface area (Å²) in [7, 11) is 0. The van der Waals surface area contributed by atoms with Crippen LogP contribution in [0.1, 0.15) is 19.5 Å². The first kappa shape index (κ1) is 11.2. The number of aryl methyl sites for hydroxylation is 1. The van der Waals surface area contributed by atoms with Crippen molar-refractivity contribution in [3.63, 3.8) is 0 Å². The summed E-state index contributed by atoms with van der Waals surface area (Å²) in [5.74, 6) is -0.883. The van der Waals surface area contributed by atoms with E-state index >= 15 is 0 Å². The van der Waals surface area contributed by atoms with Crippen molar-refractivity contribution in [2.24, 2.45) is 0 Å². The van der Waals surface area contributed by atoms with Crippen LogP contribution < -0.4 is 0 Å². The minimum absolute atomic E-state index is 0.179. The average molecular weight is 192 g/mol. The van der Waals surface area contributed by atoms with Crippen LogP contribution >= 0.6 is 11.6 Å². The molecule has 0 atom stereocenters. The maximum Gasteiger partial charge on any atom is 0.165 e. The Bertz CT molecular complexity index is 215. The molecule has 12 heavy (non-hydrogen) atoms. The zero-order chi connectivity index (χ0) is 9.72. The molecule has 1 rings (SSSR count). The Labute approximate surface area is 76.0 Å². The molecule has 1 aromatic rings. The highest BCUT2D eigenvalue weighted by Crippen LogP contribution is 2.19. The number of halogens is 2. The highest BCUT2D eigenvalue weighted by atomic mass is 35.5. The van der Waals surface area contributed by atoms with E-state index < -0.39 is 5.82 Å². The standard InChI is InChI=1S/C6H5ClFNO.C2H6/c1-3-5(10)2-4(8)6(7)9-3;1-2/h2,10H,1H3;1-2H3. The first-order valence-corrected chi connectivity index (χ1v) is 4.00. The molecule has 68 valence electrons. The second-order valence-electron chi connectivity index (χ2n) is 1.87. The van der Waals surface area contributed by atoms with E-state index in [-0.39, 0.29) is 10.9 Å². The molecule has 2 nitrogen and oxygen atoms in total. The maximum atomic E-state index is 12.4. The van der Waals surface area contributed by atoms with Crippen LogP contribution in [0.2, 0.25) is 5.15 Å².